The van der Waals surface area contributed by atoms with Gasteiger partial charge in [0.1, 0.15) is 5.60 Å². The van der Waals surface area contributed by atoms with Crippen LogP contribution in [-0.4, -0.2) is 22.6 Å². The third kappa shape index (κ3) is 2.96. The van der Waals surface area contributed by atoms with Gasteiger partial charge in [-0.25, -0.2) is 4.79 Å². The Morgan fingerprint density at radius 3 is 2.07 bits per heavy atom. The quantitative estimate of drug-likeness (QED) is 0.300. The van der Waals surface area contributed by atoms with Gasteiger partial charge in [-0.05, 0) is 18.8 Å². The summed E-state index contributed by atoms with van der Waals surface area (Å²) in [5.74, 6) is -0.200. The van der Waals surface area contributed by atoms with Crippen LogP contribution in [0.15, 0.2) is 0 Å². The molecule has 0 aromatic rings. The molecule has 0 radical (unpaired) electrons. The zero-order chi connectivity index (χ0) is 11.4. The smallest absolute Gasteiger partial charge is 0.414 e. The van der Waals surface area contributed by atoms with Crippen molar-refractivity contribution in [2.45, 2.75) is 40.2 Å². The summed E-state index contributed by atoms with van der Waals surface area (Å²) in [6.45, 7) is 9.84. The molecule has 0 spiro atoms. The first-order valence-electron chi connectivity index (χ1n) is 4.75. The van der Waals surface area contributed by atoms with E-state index in [4.69, 9.17) is 10.3 Å². The second-order valence-electron chi connectivity index (χ2n) is 4.16. The van der Waals surface area contributed by atoms with Crippen LogP contribution >= 0.6 is 0 Å². The summed E-state index contributed by atoms with van der Waals surface area (Å²) in [7, 11) is 0. The third-order valence-corrected chi connectivity index (χ3v) is 2.78. The van der Waals surface area contributed by atoms with E-state index in [0.717, 1.165) is 6.21 Å². The number of ether oxygens (including phenoxy) is 1. The molecule has 0 fully saturated rings. The third-order valence-electron chi connectivity index (χ3n) is 2.78. The second-order valence-corrected chi connectivity index (χ2v) is 4.16. The van der Waals surface area contributed by atoms with Crippen molar-refractivity contribution in [1.82, 2.24) is 0 Å². The first kappa shape index (κ1) is 12.8. The van der Waals surface area contributed by atoms with E-state index in [-0.39, 0.29) is 11.8 Å². The Balaban J connectivity index is 4.69. The van der Waals surface area contributed by atoms with E-state index in [1.54, 1.807) is 0 Å². The average Bonchev–Trinajstić information content (AvgIpc) is 2.03. The molecule has 0 amide bonds. The lowest BCUT2D eigenvalue weighted by molar-refractivity contribution is -0.163. The number of hydrogen-bond donors (Lipinski definition) is 0. The van der Waals surface area contributed by atoms with Gasteiger partial charge in [0.05, 0.1) is 0 Å². The second kappa shape index (κ2) is 4.91. The highest BCUT2D eigenvalue weighted by Gasteiger charge is 2.36. The van der Waals surface area contributed by atoms with Gasteiger partial charge < -0.3 is 10.3 Å². The lowest BCUT2D eigenvalue weighted by atomic mass is 9.82. The molecule has 0 unspecified atom stereocenters. The van der Waals surface area contributed by atoms with Gasteiger partial charge in [-0.15, -0.1) is 0 Å². The fourth-order valence-corrected chi connectivity index (χ4v) is 1.19. The van der Waals surface area contributed by atoms with E-state index in [2.05, 4.69) is 4.79 Å². The van der Waals surface area contributed by atoms with E-state index in [1.807, 2.05) is 34.6 Å². The van der Waals surface area contributed by atoms with Crippen molar-refractivity contribution in [3.05, 3.63) is 5.53 Å². The SMILES string of the molecule is CC(C)C(C)(OC(=O)C=[N+]=[N-])C(C)C. The van der Waals surface area contributed by atoms with Crippen LogP contribution in [0.5, 0.6) is 0 Å². The van der Waals surface area contributed by atoms with Gasteiger partial charge in [-0.2, -0.15) is 4.79 Å². The van der Waals surface area contributed by atoms with Crippen LogP contribution in [0.2, 0.25) is 0 Å². The van der Waals surface area contributed by atoms with Crippen LogP contribution in [0.4, 0.5) is 0 Å². The Morgan fingerprint density at radius 2 is 1.79 bits per heavy atom. The molecular formula is C10H18N2O2. The first-order valence-corrected chi connectivity index (χ1v) is 4.75. The van der Waals surface area contributed by atoms with Gasteiger partial charge in [0.25, 0.3) is 0 Å². The molecule has 14 heavy (non-hydrogen) atoms. The Kier molecular flexibility index (Phi) is 4.51. The van der Waals surface area contributed by atoms with E-state index < -0.39 is 11.6 Å². The number of carbonyl (C=O) groups is 1. The molecule has 0 aromatic carbocycles. The molecule has 0 heterocycles. The minimum Gasteiger partial charge on any atom is -0.450 e. The Morgan fingerprint density at radius 1 is 1.36 bits per heavy atom. The highest BCUT2D eigenvalue weighted by molar-refractivity contribution is 6.20. The van der Waals surface area contributed by atoms with Gasteiger partial charge >= 0.3 is 12.2 Å². The number of esters is 1. The zero-order valence-electron chi connectivity index (χ0n) is 9.44. The minimum absolute atomic E-state index is 0.207. The normalized spacial score (nSPS) is 11.4. The molecule has 0 aliphatic rings. The van der Waals surface area contributed by atoms with E-state index in [1.165, 1.54) is 0 Å². The lowest BCUT2D eigenvalue weighted by Gasteiger charge is -2.36. The van der Waals surface area contributed by atoms with Crippen molar-refractivity contribution in [1.29, 1.82) is 0 Å². The molecule has 0 aliphatic heterocycles. The first-order chi connectivity index (χ1) is 6.34. The van der Waals surface area contributed by atoms with Crippen molar-refractivity contribution in [2.75, 3.05) is 0 Å². The molecule has 0 aromatic heterocycles. The largest absolute Gasteiger partial charge is 0.450 e. The average molecular weight is 198 g/mol. The van der Waals surface area contributed by atoms with Crippen molar-refractivity contribution >= 4 is 12.2 Å². The van der Waals surface area contributed by atoms with E-state index in [9.17, 15) is 4.79 Å². The summed E-state index contributed by atoms with van der Waals surface area (Å²) in [4.78, 5) is 13.8. The summed E-state index contributed by atoms with van der Waals surface area (Å²) in [6.07, 6.45) is 0.767. The summed E-state index contributed by atoms with van der Waals surface area (Å²) in [6, 6.07) is 0. The molecule has 0 atom stereocenters. The predicted octanol–water partition coefficient (Wildman–Crippen LogP) is 1.90. The van der Waals surface area contributed by atoms with Crippen LogP contribution < -0.4 is 0 Å². The van der Waals surface area contributed by atoms with Gasteiger partial charge in [0, 0.05) is 0 Å². The van der Waals surface area contributed by atoms with Gasteiger partial charge in [0.2, 0.25) is 0 Å². The maximum Gasteiger partial charge on any atom is 0.414 e. The molecule has 0 bridgehead atoms. The maximum atomic E-state index is 11.1. The molecule has 80 valence electrons. The molecule has 0 saturated heterocycles. The summed E-state index contributed by atoms with van der Waals surface area (Å²) >= 11 is 0. The van der Waals surface area contributed by atoms with Crippen LogP contribution in [0.1, 0.15) is 34.6 Å². The number of carbonyl (C=O) groups excluding carboxylic acids is 1. The predicted molar refractivity (Wildman–Crippen MR) is 53.9 cm³/mol. The van der Waals surface area contributed by atoms with E-state index >= 15 is 0 Å². The summed E-state index contributed by atoms with van der Waals surface area (Å²) < 4.78 is 5.25. The Labute approximate surface area is 84.9 Å². The Hall–Kier alpha value is -1.15. The monoisotopic (exact) mass is 198 g/mol. The number of rotatable bonds is 4. The maximum absolute atomic E-state index is 11.1. The van der Waals surface area contributed by atoms with Crippen LogP contribution in [0.25, 0.3) is 5.53 Å². The fraction of sp³-hybridized carbons (Fsp3) is 0.800. The number of nitrogens with zero attached hydrogens (tertiary/aromatic N) is 2. The molecule has 4 heteroatoms. The lowest BCUT2D eigenvalue weighted by Crippen LogP contribution is -2.42. The van der Waals surface area contributed by atoms with Gasteiger partial charge in [-0.1, -0.05) is 27.7 Å². The topological polar surface area (TPSA) is 62.7 Å². The van der Waals surface area contributed by atoms with E-state index in [0.29, 0.717) is 0 Å². The van der Waals surface area contributed by atoms with Crippen LogP contribution in [-0.2, 0) is 9.53 Å². The zero-order valence-corrected chi connectivity index (χ0v) is 9.44. The highest BCUT2D eigenvalue weighted by atomic mass is 16.6. The molecule has 0 aliphatic carbocycles. The summed E-state index contributed by atoms with van der Waals surface area (Å²) in [5, 5.41) is 0. The molecule has 0 rings (SSSR count). The van der Waals surface area contributed by atoms with Crippen molar-refractivity contribution < 1.29 is 14.3 Å². The van der Waals surface area contributed by atoms with Crippen LogP contribution in [0, 0.1) is 11.8 Å². The van der Waals surface area contributed by atoms with Crippen molar-refractivity contribution in [2.24, 2.45) is 11.8 Å². The van der Waals surface area contributed by atoms with Crippen molar-refractivity contribution in [3.8, 4) is 0 Å². The van der Waals surface area contributed by atoms with Gasteiger partial charge in [0.15, 0.2) is 0 Å². The standard InChI is InChI=1S/C10H18N2O2/c1-7(2)10(5,8(3)4)14-9(13)6-12-11/h6-8H,1-5H3. The molecule has 4 nitrogen and oxygen atoms in total. The van der Waals surface area contributed by atoms with Crippen LogP contribution in [0.3, 0.4) is 0 Å². The van der Waals surface area contributed by atoms with Gasteiger partial charge in [-0.3, -0.25) is 0 Å². The molecular weight excluding hydrogens is 180 g/mol. The fourth-order valence-electron chi connectivity index (χ4n) is 1.19. The minimum atomic E-state index is -0.614. The Bertz CT molecular complexity index is 245. The van der Waals surface area contributed by atoms with Crippen molar-refractivity contribution in [3.63, 3.8) is 0 Å². The number of hydrogen-bond acceptors (Lipinski definition) is 2. The summed E-state index contributed by atoms with van der Waals surface area (Å²) in [5.41, 5.74) is 7.65. The molecule has 0 saturated carbocycles. The molecule has 0 N–H and O–H groups in total. The highest BCUT2D eigenvalue weighted by Crippen LogP contribution is 2.29.